The van der Waals surface area contributed by atoms with Crippen molar-refractivity contribution in [1.29, 1.82) is 5.26 Å². The van der Waals surface area contributed by atoms with Gasteiger partial charge < -0.3 is 14.8 Å². The standard InChI is InChI=1S/C19H13BrI2N2O4/c1-27-17(25)10-28-18-15(21)6-11(7-16(18)22)5-12(9-23)19(26)24-14-4-2-3-13(20)8-14/h2-8H,10H2,1H3,(H,24,26)/b12-5-. The van der Waals surface area contributed by atoms with Crippen LogP contribution in [0.5, 0.6) is 5.75 Å². The van der Waals surface area contributed by atoms with Gasteiger partial charge in [0.25, 0.3) is 5.91 Å². The molecule has 2 aromatic carbocycles. The molecule has 0 atom stereocenters. The Morgan fingerprint density at radius 2 is 1.93 bits per heavy atom. The number of esters is 1. The van der Waals surface area contributed by atoms with Crippen molar-refractivity contribution in [2.75, 3.05) is 19.0 Å². The van der Waals surface area contributed by atoms with Crippen LogP contribution in [0.4, 0.5) is 5.69 Å². The van der Waals surface area contributed by atoms with Crippen LogP contribution in [0.25, 0.3) is 6.08 Å². The van der Waals surface area contributed by atoms with E-state index in [1.165, 1.54) is 13.2 Å². The Balaban J connectivity index is 2.22. The van der Waals surface area contributed by atoms with Gasteiger partial charge in [-0.15, -0.1) is 0 Å². The molecule has 0 aliphatic heterocycles. The number of nitriles is 1. The Kier molecular flexibility index (Phi) is 8.71. The van der Waals surface area contributed by atoms with Crippen LogP contribution in [0, 0.1) is 18.5 Å². The summed E-state index contributed by atoms with van der Waals surface area (Å²) in [5, 5.41) is 12.1. The van der Waals surface area contributed by atoms with E-state index in [9.17, 15) is 14.9 Å². The first-order valence-corrected chi connectivity index (χ1v) is 10.7. The molecule has 0 unspecified atom stereocenters. The van der Waals surface area contributed by atoms with Crippen LogP contribution in [-0.2, 0) is 14.3 Å². The van der Waals surface area contributed by atoms with Gasteiger partial charge in [0.15, 0.2) is 6.61 Å². The van der Waals surface area contributed by atoms with Crippen molar-refractivity contribution in [1.82, 2.24) is 0 Å². The quantitative estimate of drug-likeness (QED) is 0.208. The molecule has 144 valence electrons. The highest BCUT2D eigenvalue weighted by molar-refractivity contribution is 14.1. The molecule has 2 rings (SSSR count). The summed E-state index contributed by atoms with van der Waals surface area (Å²) in [5.74, 6) is -0.441. The first kappa shape index (κ1) is 22.6. The number of amides is 1. The molecule has 1 N–H and O–H groups in total. The van der Waals surface area contributed by atoms with E-state index in [1.807, 2.05) is 12.1 Å². The Hall–Kier alpha value is -1.65. The lowest BCUT2D eigenvalue weighted by Gasteiger charge is -2.11. The highest BCUT2D eigenvalue weighted by Gasteiger charge is 2.13. The average molecular weight is 667 g/mol. The molecule has 6 nitrogen and oxygen atoms in total. The highest BCUT2D eigenvalue weighted by Crippen LogP contribution is 2.30. The van der Waals surface area contributed by atoms with Gasteiger partial charge >= 0.3 is 5.97 Å². The fraction of sp³-hybridized carbons (Fsp3) is 0.105. The summed E-state index contributed by atoms with van der Waals surface area (Å²) in [6, 6.07) is 12.6. The second kappa shape index (κ2) is 10.8. The maximum atomic E-state index is 12.4. The first-order chi connectivity index (χ1) is 13.3. The SMILES string of the molecule is COC(=O)COc1c(I)cc(/C=C(/C#N)C(=O)Nc2cccc(Br)c2)cc1I. The molecule has 0 fully saturated rings. The molecule has 1 amide bonds. The fourth-order valence-electron chi connectivity index (χ4n) is 2.07. The van der Waals surface area contributed by atoms with Crippen LogP contribution in [-0.4, -0.2) is 25.6 Å². The Morgan fingerprint density at radius 3 is 2.50 bits per heavy atom. The summed E-state index contributed by atoms with van der Waals surface area (Å²) in [6.07, 6.45) is 1.50. The zero-order valence-corrected chi connectivity index (χ0v) is 20.4. The summed E-state index contributed by atoms with van der Waals surface area (Å²) in [4.78, 5) is 23.7. The molecule has 0 saturated carbocycles. The third-order valence-electron chi connectivity index (χ3n) is 3.34. The van der Waals surface area contributed by atoms with Crippen LogP contribution in [0.3, 0.4) is 0 Å². The van der Waals surface area contributed by atoms with Gasteiger partial charge in [0.1, 0.15) is 17.4 Å². The summed E-state index contributed by atoms with van der Waals surface area (Å²) in [6.45, 7) is -0.198. The van der Waals surface area contributed by atoms with E-state index in [-0.39, 0.29) is 12.2 Å². The maximum absolute atomic E-state index is 12.4. The van der Waals surface area contributed by atoms with Crippen molar-refractivity contribution in [3.63, 3.8) is 0 Å². The number of carbonyl (C=O) groups excluding carboxylic acids is 2. The molecule has 2 aromatic rings. The number of nitrogens with one attached hydrogen (secondary N) is 1. The van der Waals surface area contributed by atoms with Gasteiger partial charge in [0.2, 0.25) is 0 Å². The van der Waals surface area contributed by atoms with Gasteiger partial charge in [0, 0.05) is 10.2 Å². The molecule has 0 radical (unpaired) electrons. The molecular formula is C19H13BrI2N2O4. The lowest BCUT2D eigenvalue weighted by Crippen LogP contribution is -2.14. The largest absolute Gasteiger partial charge is 0.480 e. The van der Waals surface area contributed by atoms with Crippen molar-refractivity contribution < 1.29 is 19.1 Å². The van der Waals surface area contributed by atoms with E-state index in [0.717, 1.165) is 11.6 Å². The van der Waals surface area contributed by atoms with Gasteiger partial charge in [-0.2, -0.15) is 5.26 Å². The third kappa shape index (κ3) is 6.46. The zero-order valence-electron chi connectivity index (χ0n) is 14.5. The van der Waals surface area contributed by atoms with Crippen molar-refractivity contribution >= 4 is 84.8 Å². The number of hydrogen-bond donors (Lipinski definition) is 1. The zero-order chi connectivity index (χ0) is 20.7. The monoisotopic (exact) mass is 666 g/mol. The molecule has 0 aromatic heterocycles. The van der Waals surface area contributed by atoms with Crippen molar-refractivity contribution in [2.24, 2.45) is 0 Å². The second-order valence-corrected chi connectivity index (χ2v) is 8.55. The highest BCUT2D eigenvalue weighted by atomic mass is 127. The van der Waals surface area contributed by atoms with Crippen LogP contribution >= 0.6 is 61.1 Å². The van der Waals surface area contributed by atoms with Gasteiger partial charge in [-0.05, 0) is 87.2 Å². The number of hydrogen-bond acceptors (Lipinski definition) is 5. The number of anilines is 1. The summed E-state index contributed by atoms with van der Waals surface area (Å²) < 4.78 is 12.3. The third-order valence-corrected chi connectivity index (χ3v) is 5.44. The molecule has 0 aliphatic carbocycles. The molecule has 0 bridgehead atoms. The summed E-state index contributed by atoms with van der Waals surface area (Å²) in [5.41, 5.74) is 1.21. The van der Waals surface area contributed by atoms with Crippen molar-refractivity contribution in [2.45, 2.75) is 0 Å². The number of methoxy groups -OCH3 is 1. The molecule has 0 spiro atoms. The van der Waals surface area contributed by atoms with E-state index in [0.29, 0.717) is 17.0 Å². The van der Waals surface area contributed by atoms with E-state index in [2.05, 4.69) is 71.2 Å². The minimum absolute atomic E-state index is 0.0326. The Morgan fingerprint density at radius 1 is 1.25 bits per heavy atom. The molecule has 0 aliphatic rings. The molecule has 0 heterocycles. The number of benzene rings is 2. The van der Waals surface area contributed by atoms with Crippen molar-refractivity contribution in [3.8, 4) is 11.8 Å². The Bertz CT molecular complexity index is 963. The topological polar surface area (TPSA) is 88.4 Å². The normalized spacial score (nSPS) is 10.8. The lowest BCUT2D eigenvalue weighted by molar-refractivity contribution is -0.142. The fourth-order valence-corrected chi connectivity index (χ4v) is 4.60. The minimum Gasteiger partial charge on any atom is -0.480 e. The van der Waals surface area contributed by atoms with Gasteiger partial charge in [-0.3, -0.25) is 4.79 Å². The van der Waals surface area contributed by atoms with E-state index in [4.69, 9.17) is 4.74 Å². The van der Waals surface area contributed by atoms with Crippen LogP contribution in [0.2, 0.25) is 0 Å². The molecule has 0 saturated heterocycles. The molecule has 28 heavy (non-hydrogen) atoms. The maximum Gasteiger partial charge on any atom is 0.343 e. The van der Waals surface area contributed by atoms with Crippen LogP contribution < -0.4 is 10.1 Å². The summed E-state index contributed by atoms with van der Waals surface area (Å²) in [7, 11) is 1.29. The van der Waals surface area contributed by atoms with E-state index in [1.54, 1.807) is 30.3 Å². The minimum atomic E-state index is -0.503. The molecule has 9 heteroatoms. The number of halogens is 3. The van der Waals surface area contributed by atoms with Gasteiger partial charge in [-0.1, -0.05) is 22.0 Å². The number of rotatable bonds is 6. The van der Waals surface area contributed by atoms with Crippen LogP contribution in [0.1, 0.15) is 5.56 Å². The first-order valence-electron chi connectivity index (χ1n) is 7.71. The smallest absolute Gasteiger partial charge is 0.343 e. The van der Waals surface area contributed by atoms with Gasteiger partial charge in [0.05, 0.1) is 14.3 Å². The average Bonchev–Trinajstić information content (AvgIpc) is 2.65. The number of carbonyl (C=O) groups is 2. The van der Waals surface area contributed by atoms with E-state index < -0.39 is 11.9 Å². The Labute approximate surface area is 197 Å². The predicted octanol–water partition coefficient (Wildman–Crippen LogP) is 4.76. The predicted molar refractivity (Wildman–Crippen MR) is 126 cm³/mol. The lowest BCUT2D eigenvalue weighted by atomic mass is 10.1. The van der Waals surface area contributed by atoms with Crippen LogP contribution in [0.15, 0.2) is 46.4 Å². The van der Waals surface area contributed by atoms with Crippen molar-refractivity contribution in [3.05, 3.63) is 59.1 Å². The second-order valence-electron chi connectivity index (χ2n) is 5.31. The number of nitrogens with zero attached hydrogens (tertiary/aromatic N) is 1. The number of ether oxygens (including phenoxy) is 2. The van der Waals surface area contributed by atoms with E-state index >= 15 is 0 Å². The summed E-state index contributed by atoms with van der Waals surface area (Å²) >= 11 is 7.47. The van der Waals surface area contributed by atoms with Gasteiger partial charge in [-0.25, -0.2) is 4.79 Å². The molecular weight excluding hydrogens is 654 g/mol.